The molecular weight excluding hydrogens is 254 g/mol. The number of nitrogens with two attached hydrogens (primary N) is 1. The Balaban J connectivity index is 2.06. The first-order chi connectivity index (χ1) is 9.67. The van der Waals surface area contributed by atoms with Gasteiger partial charge in [-0.3, -0.25) is 9.69 Å². The molecule has 3 amide bonds. The highest BCUT2D eigenvalue weighted by Crippen LogP contribution is 2.22. The number of hydrogen-bond acceptors (Lipinski definition) is 3. The van der Waals surface area contributed by atoms with E-state index < -0.39 is 6.04 Å². The minimum absolute atomic E-state index is 0.170. The Morgan fingerprint density at radius 2 is 1.90 bits per heavy atom. The van der Waals surface area contributed by atoms with E-state index in [4.69, 9.17) is 5.73 Å². The van der Waals surface area contributed by atoms with Gasteiger partial charge in [-0.1, -0.05) is 31.2 Å². The Morgan fingerprint density at radius 1 is 1.20 bits per heavy atom. The van der Waals surface area contributed by atoms with Gasteiger partial charge in [0.15, 0.2) is 0 Å². The molecule has 5 heteroatoms. The van der Waals surface area contributed by atoms with E-state index in [9.17, 15) is 9.59 Å². The van der Waals surface area contributed by atoms with E-state index in [1.165, 1.54) is 10.5 Å². The zero-order valence-corrected chi connectivity index (χ0v) is 11.8. The molecule has 1 aliphatic heterocycles. The lowest BCUT2D eigenvalue weighted by atomic mass is 10.0. The lowest BCUT2D eigenvalue weighted by molar-refractivity contribution is -0.127. The van der Waals surface area contributed by atoms with Gasteiger partial charge in [-0.25, -0.2) is 4.79 Å². The fourth-order valence-electron chi connectivity index (χ4n) is 2.32. The molecule has 1 atom stereocenters. The maximum absolute atomic E-state index is 12.3. The molecule has 0 aliphatic carbocycles. The second-order valence-corrected chi connectivity index (χ2v) is 4.96. The molecule has 0 spiro atoms. The van der Waals surface area contributed by atoms with Gasteiger partial charge in [0.25, 0.3) is 5.91 Å². The summed E-state index contributed by atoms with van der Waals surface area (Å²) in [6.45, 7) is 3.09. The third-order valence-corrected chi connectivity index (χ3v) is 3.58. The highest BCUT2D eigenvalue weighted by molar-refractivity contribution is 6.04. The van der Waals surface area contributed by atoms with Crippen LogP contribution < -0.4 is 11.1 Å². The van der Waals surface area contributed by atoms with Gasteiger partial charge in [-0.05, 0) is 36.9 Å². The maximum atomic E-state index is 12.3. The summed E-state index contributed by atoms with van der Waals surface area (Å²) in [6.07, 6.45) is 2.51. The van der Waals surface area contributed by atoms with Crippen molar-refractivity contribution in [2.75, 3.05) is 13.1 Å². The maximum Gasteiger partial charge on any atom is 0.325 e. The van der Waals surface area contributed by atoms with Crippen LogP contribution in [0.4, 0.5) is 4.79 Å². The van der Waals surface area contributed by atoms with E-state index in [1.54, 1.807) is 0 Å². The van der Waals surface area contributed by atoms with Crippen LogP contribution >= 0.6 is 0 Å². The minimum atomic E-state index is -0.550. The molecule has 5 nitrogen and oxygen atoms in total. The van der Waals surface area contributed by atoms with Crippen molar-refractivity contribution in [2.45, 2.75) is 32.2 Å². The fourth-order valence-corrected chi connectivity index (χ4v) is 2.32. The normalized spacial score (nSPS) is 18.5. The predicted octanol–water partition coefficient (Wildman–Crippen LogP) is 1.58. The van der Waals surface area contributed by atoms with Gasteiger partial charge in [0.2, 0.25) is 0 Å². The van der Waals surface area contributed by atoms with Crippen LogP contribution in [0.3, 0.4) is 0 Å². The van der Waals surface area contributed by atoms with Crippen molar-refractivity contribution < 1.29 is 9.59 Å². The molecule has 1 unspecified atom stereocenters. The summed E-state index contributed by atoms with van der Waals surface area (Å²) in [5.74, 6) is -0.170. The monoisotopic (exact) mass is 275 g/mol. The molecule has 20 heavy (non-hydrogen) atoms. The van der Waals surface area contributed by atoms with Crippen molar-refractivity contribution in [1.82, 2.24) is 10.2 Å². The average Bonchev–Trinajstić information content (AvgIpc) is 2.75. The number of amides is 3. The van der Waals surface area contributed by atoms with Crippen molar-refractivity contribution in [3.63, 3.8) is 0 Å². The molecule has 1 aromatic carbocycles. The van der Waals surface area contributed by atoms with Crippen LogP contribution in [-0.2, 0) is 11.2 Å². The standard InChI is InChI=1S/C15H21N3O2/c1-2-11-5-7-12(8-6-11)13-14(19)18(15(20)17-13)10-4-3-9-16/h5-8,13H,2-4,9-10,16H2,1H3,(H,17,20). The van der Waals surface area contributed by atoms with Crippen molar-refractivity contribution in [3.05, 3.63) is 35.4 Å². The first-order valence-corrected chi connectivity index (χ1v) is 7.08. The zero-order chi connectivity index (χ0) is 14.5. The van der Waals surface area contributed by atoms with Gasteiger partial charge in [0.05, 0.1) is 0 Å². The van der Waals surface area contributed by atoms with E-state index in [1.807, 2.05) is 24.3 Å². The van der Waals surface area contributed by atoms with E-state index in [0.29, 0.717) is 13.1 Å². The summed E-state index contributed by atoms with van der Waals surface area (Å²) < 4.78 is 0. The van der Waals surface area contributed by atoms with Gasteiger partial charge >= 0.3 is 6.03 Å². The van der Waals surface area contributed by atoms with Crippen LogP contribution in [-0.4, -0.2) is 29.9 Å². The second kappa shape index (κ2) is 6.52. The molecule has 108 valence electrons. The molecule has 2 rings (SSSR count). The lowest BCUT2D eigenvalue weighted by Crippen LogP contribution is -2.32. The average molecular weight is 275 g/mol. The SMILES string of the molecule is CCc1ccc(C2NC(=O)N(CCCCN)C2=O)cc1. The first kappa shape index (κ1) is 14.5. The Hall–Kier alpha value is -1.88. The summed E-state index contributed by atoms with van der Waals surface area (Å²) in [4.78, 5) is 25.4. The molecule has 1 fully saturated rings. The number of hydrogen-bond donors (Lipinski definition) is 2. The number of imide groups is 1. The smallest absolute Gasteiger partial charge is 0.325 e. The molecule has 1 aromatic rings. The van der Waals surface area contributed by atoms with Crippen LogP contribution in [0, 0.1) is 0 Å². The Kier molecular flexibility index (Phi) is 4.74. The molecule has 1 aliphatic rings. The Morgan fingerprint density at radius 3 is 2.50 bits per heavy atom. The summed E-state index contributed by atoms with van der Waals surface area (Å²) in [7, 11) is 0. The van der Waals surface area contributed by atoms with E-state index in [-0.39, 0.29) is 11.9 Å². The topological polar surface area (TPSA) is 75.4 Å². The van der Waals surface area contributed by atoms with Crippen LogP contribution in [0.1, 0.15) is 36.9 Å². The van der Waals surface area contributed by atoms with Crippen molar-refractivity contribution in [1.29, 1.82) is 0 Å². The summed E-state index contributed by atoms with van der Waals surface area (Å²) in [5.41, 5.74) is 7.47. The van der Waals surface area contributed by atoms with Crippen molar-refractivity contribution in [2.24, 2.45) is 5.73 Å². The summed E-state index contributed by atoms with van der Waals surface area (Å²) in [5, 5.41) is 2.74. The molecule has 0 radical (unpaired) electrons. The number of carbonyl (C=O) groups is 2. The fraction of sp³-hybridized carbons (Fsp3) is 0.467. The molecule has 1 saturated heterocycles. The van der Waals surface area contributed by atoms with Crippen LogP contribution in [0.15, 0.2) is 24.3 Å². The summed E-state index contributed by atoms with van der Waals surface area (Å²) >= 11 is 0. The van der Waals surface area contributed by atoms with Crippen LogP contribution in [0.5, 0.6) is 0 Å². The van der Waals surface area contributed by atoms with Crippen LogP contribution in [0.2, 0.25) is 0 Å². The van der Waals surface area contributed by atoms with E-state index in [2.05, 4.69) is 12.2 Å². The van der Waals surface area contributed by atoms with E-state index >= 15 is 0 Å². The predicted molar refractivity (Wildman–Crippen MR) is 77.1 cm³/mol. The second-order valence-electron chi connectivity index (χ2n) is 4.96. The third kappa shape index (κ3) is 2.99. The number of urea groups is 1. The van der Waals surface area contributed by atoms with Gasteiger partial charge < -0.3 is 11.1 Å². The molecule has 0 saturated carbocycles. The number of nitrogens with zero attached hydrogens (tertiary/aromatic N) is 1. The van der Waals surface area contributed by atoms with Gasteiger partial charge in [0.1, 0.15) is 6.04 Å². The number of nitrogens with one attached hydrogen (secondary N) is 1. The van der Waals surface area contributed by atoms with Gasteiger partial charge in [0, 0.05) is 6.54 Å². The molecule has 3 N–H and O–H groups in total. The Bertz CT molecular complexity index is 484. The van der Waals surface area contributed by atoms with Crippen molar-refractivity contribution >= 4 is 11.9 Å². The number of rotatable bonds is 6. The van der Waals surface area contributed by atoms with Crippen molar-refractivity contribution in [3.8, 4) is 0 Å². The van der Waals surface area contributed by atoms with E-state index in [0.717, 1.165) is 24.8 Å². The quantitative estimate of drug-likeness (QED) is 0.611. The first-order valence-electron chi connectivity index (χ1n) is 7.08. The zero-order valence-electron chi connectivity index (χ0n) is 11.8. The third-order valence-electron chi connectivity index (χ3n) is 3.58. The molecule has 0 bridgehead atoms. The number of unbranched alkanes of at least 4 members (excludes halogenated alkanes) is 1. The largest absolute Gasteiger partial charge is 0.330 e. The van der Waals surface area contributed by atoms with Gasteiger partial charge in [-0.2, -0.15) is 0 Å². The lowest BCUT2D eigenvalue weighted by Gasteiger charge is -2.12. The van der Waals surface area contributed by atoms with Gasteiger partial charge in [-0.15, -0.1) is 0 Å². The Labute approximate surface area is 119 Å². The number of benzene rings is 1. The number of carbonyl (C=O) groups excluding carboxylic acids is 2. The molecule has 0 aromatic heterocycles. The minimum Gasteiger partial charge on any atom is -0.330 e. The highest BCUT2D eigenvalue weighted by Gasteiger charge is 2.38. The van der Waals surface area contributed by atoms with Crippen LogP contribution in [0.25, 0.3) is 0 Å². The summed E-state index contributed by atoms with van der Waals surface area (Å²) in [6, 6.07) is 6.94. The number of aryl methyl sites for hydroxylation is 1. The highest BCUT2D eigenvalue weighted by atomic mass is 16.2. The molecular formula is C15H21N3O2. The molecule has 1 heterocycles.